The van der Waals surface area contributed by atoms with Gasteiger partial charge in [0.25, 0.3) is 0 Å². The van der Waals surface area contributed by atoms with Gasteiger partial charge in [0.2, 0.25) is 0 Å². The molecular weight excluding hydrogens is 324 g/mol. The maximum atomic E-state index is 10.4. The first-order valence-corrected chi connectivity index (χ1v) is 7.82. The molecule has 0 bridgehead atoms. The van der Waals surface area contributed by atoms with E-state index in [9.17, 15) is 5.11 Å². The van der Waals surface area contributed by atoms with Crippen molar-refractivity contribution in [3.63, 3.8) is 0 Å². The van der Waals surface area contributed by atoms with Gasteiger partial charge in [-0.1, -0.05) is 30.3 Å². The molecule has 0 aromatic heterocycles. The number of allylic oxidation sites excluding steroid dienone is 1. The normalized spacial score (nSPS) is 9.96. The van der Waals surface area contributed by atoms with Crippen LogP contribution in [0, 0.1) is 35.5 Å². The van der Waals surface area contributed by atoms with Crippen LogP contribution in [-0.2, 0) is 0 Å². The van der Waals surface area contributed by atoms with Gasteiger partial charge in [0, 0.05) is 16.7 Å². The number of aliphatic hydroxyl groups excluding tert-OH is 1. The van der Waals surface area contributed by atoms with Crippen LogP contribution in [0.4, 0.5) is 0 Å². The molecule has 1 N–H and O–H groups in total. The highest BCUT2D eigenvalue weighted by Gasteiger charge is 2.10. The predicted molar refractivity (Wildman–Crippen MR) is 103 cm³/mol. The van der Waals surface area contributed by atoms with E-state index < -0.39 is 6.10 Å². The minimum Gasteiger partial charge on any atom is -0.497 e. The standard InChI is InChI=1S/C23H18O3/c1-4-5-9-19-13-16-21(26-3)17-22(19)23(24)10-7-6-8-18-11-14-20(25-2)15-12-18/h4,11-17,23-24H,1H2,2-3H3. The van der Waals surface area contributed by atoms with Crippen LogP contribution in [0.15, 0.2) is 55.1 Å². The molecular formula is C23H18O3. The van der Waals surface area contributed by atoms with Crippen LogP contribution in [-0.4, -0.2) is 19.3 Å². The van der Waals surface area contributed by atoms with Gasteiger partial charge in [0.15, 0.2) is 0 Å². The maximum absolute atomic E-state index is 10.4. The van der Waals surface area contributed by atoms with E-state index >= 15 is 0 Å². The molecule has 0 saturated carbocycles. The summed E-state index contributed by atoms with van der Waals surface area (Å²) < 4.78 is 10.3. The third kappa shape index (κ3) is 5.22. The summed E-state index contributed by atoms with van der Waals surface area (Å²) in [4.78, 5) is 0. The second-order valence-electron chi connectivity index (χ2n) is 5.08. The fourth-order valence-corrected chi connectivity index (χ4v) is 2.10. The number of ether oxygens (including phenoxy) is 2. The van der Waals surface area contributed by atoms with E-state index in [1.807, 2.05) is 24.3 Å². The largest absolute Gasteiger partial charge is 0.497 e. The SMILES string of the molecule is C=CC#Cc1ccc(OC)cc1C(O)C#CC#Cc1ccc(OC)cc1. The predicted octanol–water partition coefficient (Wildman–Crippen LogP) is 3.33. The van der Waals surface area contributed by atoms with E-state index in [2.05, 4.69) is 42.1 Å². The summed E-state index contributed by atoms with van der Waals surface area (Å²) in [6.45, 7) is 3.57. The Morgan fingerprint density at radius 3 is 2.31 bits per heavy atom. The lowest BCUT2D eigenvalue weighted by atomic mass is 10.0. The summed E-state index contributed by atoms with van der Waals surface area (Å²) in [5, 5.41) is 10.4. The van der Waals surface area contributed by atoms with E-state index in [1.165, 1.54) is 6.08 Å². The highest BCUT2D eigenvalue weighted by atomic mass is 16.5. The van der Waals surface area contributed by atoms with Crippen LogP contribution in [0.3, 0.4) is 0 Å². The fourth-order valence-electron chi connectivity index (χ4n) is 2.10. The number of hydrogen-bond donors (Lipinski definition) is 1. The molecule has 128 valence electrons. The summed E-state index contributed by atoms with van der Waals surface area (Å²) in [7, 11) is 3.17. The molecule has 0 aliphatic rings. The molecule has 3 nitrogen and oxygen atoms in total. The van der Waals surface area contributed by atoms with E-state index in [1.54, 1.807) is 32.4 Å². The van der Waals surface area contributed by atoms with Gasteiger partial charge in [-0.2, -0.15) is 0 Å². The van der Waals surface area contributed by atoms with Gasteiger partial charge in [-0.25, -0.2) is 0 Å². The van der Waals surface area contributed by atoms with Crippen molar-refractivity contribution >= 4 is 0 Å². The first kappa shape index (κ1) is 18.8. The van der Waals surface area contributed by atoms with Crippen LogP contribution < -0.4 is 9.47 Å². The van der Waals surface area contributed by atoms with Crippen LogP contribution in [0.2, 0.25) is 0 Å². The number of benzene rings is 2. The van der Waals surface area contributed by atoms with Crippen molar-refractivity contribution in [1.82, 2.24) is 0 Å². The van der Waals surface area contributed by atoms with Crippen LogP contribution >= 0.6 is 0 Å². The molecule has 2 aromatic rings. The number of rotatable bonds is 3. The molecule has 0 amide bonds. The van der Waals surface area contributed by atoms with Gasteiger partial charge < -0.3 is 14.6 Å². The lowest BCUT2D eigenvalue weighted by Crippen LogP contribution is -1.99. The topological polar surface area (TPSA) is 38.7 Å². The molecule has 0 saturated heterocycles. The third-order valence-corrected chi connectivity index (χ3v) is 3.43. The fraction of sp³-hybridized carbons (Fsp3) is 0.130. The van der Waals surface area contributed by atoms with Gasteiger partial charge in [0.1, 0.15) is 17.6 Å². The zero-order chi connectivity index (χ0) is 18.8. The Hall–Kier alpha value is -3.58. The summed E-state index contributed by atoms with van der Waals surface area (Å²) in [6, 6.07) is 12.6. The van der Waals surface area contributed by atoms with Gasteiger partial charge >= 0.3 is 0 Å². The Balaban J connectivity index is 2.22. The zero-order valence-electron chi connectivity index (χ0n) is 14.7. The minimum absolute atomic E-state index is 0.567. The molecule has 3 heteroatoms. The van der Waals surface area contributed by atoms with Gasteiger partial charge in [-0.3, -0.25) is 0 Å². The Morgan fingerprint density at radius 2 is 1.65 bits per heavy atom. The second-order valence-corrected chi connectivity index (χ2v) is 5.08. The van der Waals surface area contributed by atoms with Crippen LogP contribution in [0.1, 0.15) is 22.8 Å². The summed E-state index contributed by atoms with van der Waals surface area (Å²) in [5.41, 5.74) is 2.04. The average Bonchev–Trinajstić information content (AvgIpc) is 2.69. The molecule has 1 atom stereocenters. The molecule has 0 heterocycles. The third-order valence-electron chi connectivity index (χ3n) is 3.43. The van der Waals surface area contributed by atoms with Crippen molar-refractivity contribution in [2.24, 2.45) is 0 Å². The van der Waals surface area contributed by atoms with E-state index in [0.29, 0.717) is 16.9 Å². The molecule has 0 spiro atoms. The average molecular weight is 342 g/mol. The van der Waals surface area contributed by atoms with Gasteiger partial charge in [-0.15, -0.1) is 0 Å². The molecule has 1 unspecified atom stereocenters. The van der Waals surface area contributed by atoms with Crippen molar-refractivity contribution in [2.75, 3.05) is 14.2 Å². The van der Waals surface area contributed by atoms with E-state index in [-0.39, 0.29) is 0 Å². The number of aliphatic hydroxyl groups is 1. The van der Waals surface area contributed by atoms with Crippen molar-refractivity contribution < 1.29 is 14.6 Å². The summed E-state index contributed by atoms with van der Waals surface area (Å²) in [5.74, 6) is 18.1. The Bertz CT molecular complexity index is 952. The monoisotopic (exact) mass is 342 g/mol. The van der Waals surface area contributed by atoms with Gasteiger partial charge in [0.05, 0.1) is 14.2 Å². The molecule has 0 aliphatic carbocycles. The quantitative estimate of drug-likeness (QED) is 0.870. The highest BCUT2D eigenvalue weighted by molar-refractivity contribution is 5.50. The smallest absolute Gasteiger partial charge is 0.142 e. The summed E-state index contributed by atoms with van der Waals surface area (Å²) in [6.07, 6.45) is 0.469. The van der Waals surface area contributed by atoms with Gasteiger partial charge in [-0.05, 0) is 60.4 Å². The molecule has 2 aromatic carbocycles. The first-order chi connectivity index (χ1) is 12.7. The Labute approximate surface area is 154 Å². The van der Waals surface area contributed by atoms with E-state index in [4.69, 9.17) is 9.47 Å². The second kappa shape index (κ2) is 9.65. The van der Waals surface area contributed by atoms with Crippen molar-refractivity contribution in [1.29, 1.82) is 0 Å². The highest BCUT2D eigenvalue weighted by Crippen LogP contribution is 2.23. The molecule has 0 radical (unpaired) electrons. The van der Waals surface area contributed by atoms with Crippen molar-refractivity contribution in [3.8, 4) is 47.0 Å². The lowest BCUT2D eigenvalue weighted by Gasteiger charge is -2.09. The lowest BCUT2D eigenvalue weighted by molar-refractivity contribution is 0.237. The van der Waals surface area contributed by atoms with Crippen LogP contribution in [0.5, 0.6) is 11.5 Å². The minimum atomic E-state index is -1.02. The zero-order valence-corrected chi connectivity index (χ0v) is 14.7. The first-order valence-electron chi connectivity index (χ1n) is 7.82. The summed E-state index contributed by atoms with van der Waals surface area (Å²) >= 11 is 0. The maximum Gasteiger partial charge on any atom is 0.142 e. The molecule has 0 fully saturated rings. The molecule has 26 heavy (non-hydrogen) atoms. The van der Waals surface area contributed by atoms with E-state index in [0.717, 1.165) is 11.3 Å². The van der Waals surface area contributed by atoms with Crippen molar-refractivity contribution in [2.45, 2.75) is 6.10 Å². The number of methoxy groups -OCH3 is 2. The van der Waals surface area contributed by atoms with Crippen molar-refractivity contribution in [3.05, 3.63) is 71.8 Å². The molecule has 2 rings (SSSR count). The Kier molecular flexibility index (Phi) is 6.96. The Morgan fingerprint density at radius 1 is 0.962 bits per heavy atom. The van der Waals surface area contributed by atoms with Crippen LogP contribution in [0.25, 0.3) is 0 Å². The number of hydrogen-bond acceptors (Lipinski definition) is 3. The molecule has 0 aliphatic heterocycles.